The third kappa shape index (κ3) is 3.18. The first-order valence-corrected chi connectivity index (χ1v) is 6.11. The van der Waals surface area contributed by atoms with E-state index in [-0.39, 0.29) is 24.0 Å². The Bertz CT molecular complexity index is 668. The Morgan fingerprint density at radius 1 is 1.30 bits per heavy atom. The lowest BCUT2D eigenvalue weighted by molar-refractivity contribution is 0.258. The third-order valence-electron chi connectivity index (χ3n) is 2.62. The Labute approximate surface area is 120 Å². The lowest BCUT2D eigenvalue weighted by Crippen LogP contribution is -2.00. The molecule has 0 unspecified atom stereocenters. The van der Waals surface area contributed by atoms with Crippen molar-refractivity contribution in [2.75, 3.05) is 0 Å². The number of hydrogen-bond acceptors (Lipinski definition) is 5. The maximum Gasteiger partial charge on any atom is 0.137 e. The number of phenols is 1. The first kappa shape index (κ1) is 14.1. The van der Waals surface area contributed by atoms with Crippen LogP contribution in [0.1, 0.15) is 16.7 Å². The number of hydrogen-bond donors (Lipinski definition) is 2. The summed E-state index contributed by atoms with van der Waals surface area (Å²) in [5.41, 5.74) is 1.62. The summed E-state index contributed by atoms with van der Waals surface area (Å²) in [6.07, 6.45) is 3.03. The van der Waals surface area contributed by atoms with Crippen LogP contribution in [0.4, 0.5) is 0 Å². The van der Waals surface area contributed by atoms with Gasteiger partial charge in [0.2, 0.25) is 0 Å². The van der Waals surface area contributed by atoms with Crippen molar-refractivity contribution in [1.82, 2.24) is 4.98 Å². The van der Waals surface area contributed by atoms with Crippen molar-refractivity contribution in [2.45, 2.75) is 13.2 Å². The summed E-state index contributed by atoms with van der Waals surface area (Å²) in [4.78, 5) is 3.92. The van der Waals surface area contributed by atoms with Crippen molar-refractivity contribution in [1.29, 1.82) is 5.26 Å². The number of halogens is 1. The fraction of sp³-hybridized carbons (Fsp3) is 0.143. The first-order chi connectivity index (χ1) is 9.63. The van der Waals surface area contributed by atoms with Gasteiger partial charge in [0.25, 0.3) is 0 Å². The van der Waals surface area contributed by atoms with Crippen molar-refractivity contribution < 1.29 is 14.9 Å². The summed E-state index contributed by atoms with van der Waals surface area (Å²) in [7, 11) is 0. The van der Waals surface area contributed by atoms with Crippen molar-refractivity contribution in [3.63, 3.8) is 0 Å². The van der Waals surface area contributed by atoms with Gasteiger partial charge in [0.05, 0.1) is 17.2 Å². The number of pyridine rings is 1. The Morgan fingerprint density at radius 3 is 2.80 bits per heavy atom. The minimum atomic E-state index is -0.258. The largest absolute Gasteiger partial charge is 0.506 e. The van der Waals surface area contributed by atoms with E-state index in [0.29, 0.717) is 22.4 Å². The van der Waals surface area contributed by atoms with Gasteiger partial charge in [-0.1, -0.05) is 11.6 Å². The average Bonchev–Trinajstić information content (AvgIpc) is 2.48. The second-order valence-electron chi connectivity index (χ2n) is 4.05. The highest BCUT2D eigenvalue weighted by Gasteiger charge is 2.09. The SMILES string of the molecule is N#Cc1cncc(COc2cc(O)c(Cl)cc2CO)c1. The minimum Gasteiger partial charge on any atom is -0.506 e. The molecular weight excluding hydrogens is 280 g/mol. The van der Waals surface area contributed by atoms with Gasteiger partial charge >= 0.3 is 0 Å². The molecule has 0 bridgehead atoms. The molecule has 1 heterocycles. The molecule has 0 aliphatic rings. The number of aromatic nitrogens is 1. The Morgan fingerprint density at radius 2 is 2.10 bits per heavy atom. The summed E-state index contributed by atoms with van der Waals surface area (Å²) in [6.45, 7) is -0.0948. The molecule has 0 aliphatic carbocycles. The fourth-order valence-corrected chi connectivity index (χ4v) is 1.82. The average molecular weight is 291 g/mol. The molecule has 0 amide bonds. The summed E-state index contributed by atoms with van der Waals surface area (Å²) in [5.74, 6) is 0.208. The molecule has 0 atom stereocenters. The van der Waals surface area contributed by atoms with Crippen molar-refractivity contribution >= 4 is 11.6 Å². The van der Waals surface area contributed by atoms with Gasteiger partial charge in [-0.25, -0.2) is 0 Å². The number of rotatable bonds is 4. The van der Waals surface area contributed by atoms with Crippen LogP contribution in [0.15, 0.2) is 30.6 Å². The molecule has 1 aromatic carbocycles. The number of aliphatic hydroxyl groups excluding tert-OH is 1. The van der Waals surface area contributed by atoms with E-state index in [4.69, 9.17) is 21.6 Å². The zero-order valence-electron chi connectivity index (χ0n) is 10.4. The predicted octanol–water partition coefficient (Wildman–Crippen LogP) is 2.38. The van der Waals surface area contributed by atoms with Crippen LogP contribution in [0.25, 0.3) is 0 Å². The van der Waals surface area contributed by atoms with Gasteiger partial charge in [-0.3, -0.25) is 4.98 Å². The molecule has 5 nitrogen and oxygen atoms in total. The summed E-state index contributed by atoms with van der Waals surface area (Å²) in [6, 6.07) is 6.43. The Kier molecular flexibility index (Phi) is 4.41. The molecular formula is C14H11ClN2O3. The van der Waals surface area contributed by atoms with E-state index in [1.54, 1.807) is 12.3 Å². The van der Waals surface area contributed by atoms with Crippen LogP contribution in [0.5, 0.6) is 11.5 Å². The smallest absolute Gasteiger partial charge is 0.137 e. The number of phenolic OH excluding ortho intramolecular Hbond substituents is 1. The lowest BCUT2D eigenvalue weighted by atomic mass is 10.2. The van der Waals surface area contributed by atoms with E-state index < -0.39 is 0 Å². The molecule has 6 heteroatoms. The predicted molar refractivity (Wildman–Crippen MR) is 72.3 cm³/mol. The van der Waals surface area contributed by atoms with Crippen molar-refractivity contribution in [3.05, 3.63) is 52.3 Å². The minimum absolute atomic E-state index is 0.122. The molecule has 2 rings (SSSR count). The molecule has 102 valence electrons. The number of nitriles is 1. The highest BCUT2D eigenvalue weighted by Crippen LogP contribution is 2.32. The fourth-order valence-electron chi connectivity index (χ4n) is 1.63. The highest BCUT2D eigenvalue weighted by molar-refractivity contribution is 6.32. The first-order valence-electron chi connectivity index (χ1n) is 5.73. The molecule has 20 heavy (non-hydrogen) atoms. The Balaban J connectivity index is 2.18. The van der Waals surface area contributed by atoms with Crippen LogP contribution in [0, 0.1) is 11.3 Å². The number of benzene rings is 1. The van der Waals surface area contributed by atoms with E-state index in [1.807, 2.05) is 6.07 Å². The number of aromatic hydroxyl groups is 1. The van der Waals surface area contributed by atoms with Gasteiger partial charge in [0.15, 0.2) is 0 Å². The van der Waals surface area contributed by atoms with Crippen LogP contribution in [-0.2, 0) is 13.2 Å². The van der Waals surface area contributed by atoms with Crippen molar-refractivity contribution in [2.24, 2.45) is 0 Å². The Hall–Kier alpha value is -2.29. The third-order valence-corrected chi connectivity index (χ3v) is 2.92. The van der Waals surface area contributed by atoms with Gasteiger partial charge in [-0.15, -0.1) is 0 Å². The van der Waals surface area contributed by atoms with Crippen LogP contribution in [-0.4, -0.2) is 15.2 Å². The van der Waals surface area contributed by atoms with Crippen LogP contribution in [0.2, 0.25) is 5.02 Å². The molecule has 0 saturated carbocycles. The van der Waals surface area contributed by atoms with Gasteiger partial charge in [-0.05, 0) is 12.1 Å². The normalized spacial score (nSPS) is 10.1. The van der Waals surface area contributed by atoms with E-state index in [9.17, 15) is 10.2 Å². The standard InChI is InChI=1S/C14H11ClN2O3/c15-12-2-11(7-18)14(3-13(12)19)20-8-10-1-9(4-16)5-17-6-10/h1-3,5-6,18-19H,7-8H2. The monoisotopic (exact) mass is 290 g/mol. The van der Waals surface area contributed by atoms with Crippen LogP contribution >= 0.6 is 11.6 Å². The second kappa shape index (κ2) is 6.24. The molecule has 0 fully saturated rings. The molecule has 0 saturated heterocycles. The van der Waals surface area contributed by atoms with Gasteiger partial charge in [-0.2, -0.15) is 5.26 Å². The quantitative estimate of drug-likeness (QED) is 0.903. The number of aliphatic hydroxyl groups is 1. The zero-order chi connectivity index (χ0) is 14.5. The van der Waals surface area contributed by atoms with Crippen LogP contribution in [0.3, 0.4) is 0 Å². The van der Waals surface area contributed by atoms with Gasteiger partial charge in [0.1, 0.15) is 24.2 Å². The summed E-state index contributed by atoms with van der Waals surface area (Å²) < 4.78 is 5.52. The summed E-state index contributed by atoms with van der Waals surface area (Å²) >= 11 is 5.76. The number of nitrogens with zero attached hydrogens (tertiary/aromatic N) is 2. The second-order valence-corrected chi connectivity index (χ2v) is 4.46. The summed E-state index contributed by atoms with van der Waals surface area (Å²) in [5, 5.41) is 27.7. The lowest BCUT2D eigenvalue weighted by Gasteiger charge is -2.11. The highest BCUT2D eigenvalue weighted by atomic mass is 35.5. The molecule has 0 aliphatic heterocycles. The van der Waals surface area contributed by atoms with Crippen LogP contribution < -0.4 is 4.74 Å². The van der Waals surface area contributed by atoms with E-state index in [2.05, 4.69) is 4.98 Å². The zero-order valence-corrected chi connectivity index (χ0v) is 11.1. The molecule has 1 aromatic heterocycles. The van der Waals surface area contributed by atoms with Gasteiger partial charge in [0, 0.05) is 29.6 Å². The number of ether oxygens (including phenoxy) is 1. The van der Waals surface area contributed by atoms with E-state index >= 15 is 0 Å². The topological polar surface area (TPSA) is 86.4 Å². The molecule has 2 aromatic rings. The molecule has 0 radical (unpaired) electrons. The maximum absolute atomic E-state index is 9.55. The van der Waals surface area contributed by atoms with Gasteiger partial charge < -0.3 is 14.9 Å². The van der Waals surface area contributed by atoms with E-state index in [0.717, 1.165) is 0 Å². The maximum atomic E-state index is 9.55. The molecule has 2 N–H and O–H groups in total. The molecule has 0 spiro atoms. The van der Waals surface area contributed by atoms with E-state index in [1.165, 1.54) is 18.3 Å². The van der Waals surface area contributed by atoms with Crippen molar-refractivity contribution in [3.8, 4) is 17.6 Å².